The van der Waals surface area contributed by atoms with E-state index in [4.69, 9.17) is 11.6 Å². The number of anilines is 1. The minimum atomic E-state index is -0.274. The monoisotopic (exact) mass is 482 g/mol. The van der Waals surface area contributed by atoms with Gasteiger partial charge in [0, 0.05) is 34.2 Å². The van der Waals surface area contributed by atoms with Crippen molar-refractivity contribution in [3.8, 4) is 5.69 Å². The van der Waals surface area contributed by atoms with E-state index >= 15 is 0 Å². The van der Waals surface area contributed by atoms with Gasteiger partial charge in [0.2, 0.25) is 5.13 Å². The van der Waals surface area contributed by atoms with Crippen LogP contribution in [0.5, 0.6) is 0 Å². The molecule has 8 heteroatoms. The lowest BCUT2D eigenvalue weighted by Gasteiger charge is -2.11. The molecule has 0 aliphatic rings. The first kappa shape index (κ1) is 22.6. The van der Waals surface area contributed by atoms with Crippen molar-refractivity contribution in [2.45, 2.75) is 36.9 Å². The third-order valence-electron chi connectivity index (χ3n) is 5.12. The molecule has 0 fully saturated rings. The zero-order valence-corrected chi connectivity index (χ0v) is 20.4. The predicted octanol–water partition coefficient (Wildman–Crippen LogP) is 6.57. The number of thioether (sulfide) groups is 1. The number of benzene rings is 2. The molecule has 0 saturated heterocycles. The first-order chi connectivity index (χ1) is 15.4. The Morgan fingerprint density at radius 2 is 1.84 bits per heavy atom. The highest BCUT2D eigenvalue weighted by molar-refractivity contribution is 8.02. The van der Waals surface area contributed by atoms with Crippen molar-refractivity contribution in [2.24, 2.45) is 0 Å². The quantitative estimate of drug-likeness (QED) is 0.227. The average molecular weight is 483 g/mol. The van der Waals surface area contributed by atoms with Gasteiger partial charge < -0.3 is 9.88 Å². The molecule has 0 bridgehead atoms. The number of halogens is 1. The zero-order valence-electron chi connectivity index (χ0n) is 18.0. The molecule has 0 radical (unpaired) electrons. The van der Waals surface area contributed by atoms with E-state index in [1.165, 1.54) is 28.7 Å². The normalized spacial score (nSPS) is 12.0. The molecule has 2 aromatic carbocycles. The summed E-state index contributed by atoms with van der Waals surface area (Å²) in [5.41, 5.74) is 4.82. The molecular weight excluding hydrogens is 460 g/mol. The van der Waals surface area contributed by atoms with E-state index < -0.39 is 0 Å². The third kappa shape index (κ3) is 5.06. The van der Waals surface area contributed by atoms with Crippen LogP contribution in [-0.2, 0) is 6.54 Å². The topological polar surface area (TPSA) is 59.8 Å². The predicted molar refractivity (Wildman–Crippen MR) is 134 cm³/mol. The van der Waals surface area contributed by atoms with Gasteiger partial charge in [-0.2, -0.15) is 0 Å². The van der Waals surface area contributed by atoms with E-state index in [2.05, 4.69) is 32.2 Å². The van der Waals surface area contributed by atoms with Crippen LogP contribution < -0.4 is 5.32 Å². The number of nitrogens with one attached hydrogen (secondary N) is 1. The minimum Gasteiger partial charge on any atom is -0.356 e. The Labute approximate surface area is 200 Å². The molecule has 4 rings (SSSR count). The van der Waals surface area contributed by atoms with E-state index in [-0.39, 0.29) is 11.0 Å². The van der Waals surface area contributed by atoms with Crippen LogP contribution in [-0.4, -0.2) is 25.8 Å². The summed E-state index contributed by atoms with van der Waals surface area (Å²) < 4.78 is 2.85. The Morgan fingerprint density at radius 1 is 1.12 bits per heavy atom. The van der Waals surface area contributed by atoms with Gasteiger partial charge in [0.25, 0.3) is 0 Å². The summed E-state index contributed by atoms with van der Waals surface area (Å²) in [4.78, 5) is 13.2. The number of rotatable bonds is 8. The minimum absolute atomic E-state index is 0.0808. The number of nitrogens with zero attached hydrogens (tertiary/aromatic N) is 3. The summed E-state index contributed by atoms with van der Waals surface area (Å²) in [6.45, 7) is 6.58. The molecule has 0 unspecified atom stereocenters. The molecule has 0 aliphatic heterocycles. The second-order valence-electron chi connectivity index (χ2n) is 7.43. The van der Waals surface area contributed by atoms with Gasteiger partial charge in [-0.05, 0) is 56.7 Å². The molecule has 32 heavy (non-hydrogen) atoms. The van der Waals surface area contributed by atoms with Crippen molar-refractivity contribution in [2.75, 3.05) is 5.32 Å². The molecule has 1 atom stereocenters. The Morgan fingerprint density at radius 3 is 2.56 bits per heavy atom. The second-order valence-corrected chi connectivity index (χ2v) is 10.4. The number of carbonyl (C=O) groups is 1. The maximum atomic E-state index is 13.2. The number of Topliss-reactive ketones (excluding diaryl/α,β-unsaturated/α-hetero) is 1. The lowest BCUT2D eigenvalue weighted by molar-refractivity contribution is 0.0993. The van der Waals surface area contributed by atoms with Gasteiger partial charge in [-0.3, -0.25) is 4.79 Å². The van der Waals surface area contributed by atoms with Crippen LogP contribution in [0.25, 0.3) is 5.69 Å². The third-order valence-corrected chi connectivity index (χ3v) is 7.44. The van der Waals surface area contributed by atoms with Crippen LogP contribution in [0.3, 0.4) is 0 Å². The molecule has 0 amide bonds. The van der Waals surface area contributed by atoms with E-state index in [0.717, 1.165) is 32.1 Å². The highest BCUT2D eigenvalue weighted by Gasteiger charge is 2.23. The van der Waals surface area contributed by atoms with Crippen LogP contribution in [0, 0.1) is 13.8 Å². The Hall–Kier alpha value is -2.61. The van der Waals surface area contributed by atoms with Crippen molar-refractivity contribution < 1.29 is 4.79 Å². The molecule has 0 saturated carbocycles. The zero-order chi connectivity index (χ0) is 22.7. The molecule has 5 nitrogen and oxygen atoms in total. The highest BCUT2D eigenvalue weighted by Crippen LogP contribution is 2.32. The summed E-state index contributed by atoms with van der Waals surface area (Å²) in [6.07, 6.45) is 0. The first-order valence-electron chi connectivity index (χ1n) is 10.2. The standard InChI is InChI=1S/C24H23ClN4OS2/c1-15-13-21(16(2)29(15)20-11-9-19(25)10-12-20)22(30)17(3)31-24-28-27-23(32-24)26-14-18-7-5-4-6-8-18/h4-13,17H,14H2,1-3H3,(H,26,27)/t17-/m1/s1. The molecular formula is C24H23ClN4OS2. The van der Waals surface area contributed by atoms with Crippen LogP contribution in [0.2, 0.25) is 5.02 Å². The first-order valence-corrected chi connectivity index (χ1v) is 12.3. The summed E-state index contributed by atoms with van der Waals surface area (Å²) in [6, 6.07) is 19.7. The highest BCUT2D eigenvalue weighted by atomic mass is 35.5. The molecule has 2 aromatic heterocycles. The number of aromatic nitrogens is 3. The maximum Gasteiger partial charge on any atom is 0.206 e. The SMILES string of the molecule is Cc1cc(C(=O)[C@@H](C)Sc2nnc(NCc3ccccc3)s2)c(C)n1-c1ccc(Cl)cc1. The van der Waals surface area contributed by atoms with Crippen LogP contribution in [0.4, 0.5) is 5.13 Å². The Kier molecular flexibility index (Phi) is 6.98. The van der Waals surface area contributed by atoms with Gasteiger partial charge in [0.1, 0.15) is 0 Å². The van der Waals surface area contributed by atoms with E-state index in [9.17, 15) is 4.79 Å². The van der Waals surface area contributed by atoms with Gasteiger partial charge in [0.15, 0.2) is 10.1 Å². The molecule has 1 N–H and O–H groups in total. The number of hydrogen-bond acceptors (Lipinski definition) is 6. The average Bonchev–Trinajstić information content (AvgIpc) is 3.36. The van der Waals surface area contributed by atoms with E-state index in [0.29, 0.717) is 11.6 Å². The van der Waals surface area contributed by atoms with Crippen molar-refractivity contribution in [3.63, 3.8) is 0 Å². The maximum absolute atomic E-state index is 13.2. The van der Waals surface area contributed by atoms with Crippen molar-refractivity contribution in [3.05, 3.63) is 88.2 Å². The number of carbonyl (C=O) groups excluding carboxylic acids is 1. The Bertz CT molecular complexity index is 1220. The lowest BCUT2D eigenvalue weighted by Crippen LogP contribution is -2.14. The Balaban J connectivity index is 1.44. The van der Waals surface area contributed by atoms with Crippen molar-refractivity contribution in [1.82, 2.24) is 14.8 Å². The summed E-state index contributed by atoms with van der Waals surface area (Å²) in [5, 5.41) is 12.9. The molecule has 2 heterocycles. The van der Waals surface area contributed by atoms with Gasteiger partial charge in [-0.25, -0.2) is 0 Å². The van der Waals surface area contributed by atoms with Crippen LogP contribution in [0.15, 0.2) is 65.0 Å². The summed E-state index contributed by atoms with van der Waals surface area (Å²) in [5.74, 6) is 0.0808. The lowest BCUT2D eigenvalue weighted by atomic mass is 10.1. The van der Waals surface area contributed by atoms with Gasteiger partial charge in [0.05, 0.1) is 5.25 Å². The fourth-order valence-corrected chi connectivity index (χ4v) is 5.61. The fraction of sp³-hybridized carbons (Fsp3) is 0.208. The molecule has 0 spiro atoms. The number of hydrogen-bond donors (Lipinski definition) is 1. The van der Waals surface area contributed by atoms with Gasteiger partial charge >= 0.3 is 0 Å². The number of ketones is 1. The molecule has 0 aliphatic carbocycles. The van der Waals surface area contributed by atoms with Gasteiger partial charge in [-0.15, -0.1) is 10.2 Å². The van der Waals surface area contributed by atoms with Crippen LogP contribution >= 0.6 is 34.7 Å². The van der Waals surface area contributed by atoms with Crippen molar-refractivity contribution in [1.29, 1.82) is 0 Å². The summed E-state index contributed by atoms with van der Waals surface area (Å²) >= 11 is 8.93. The fourth-order valence-electron chi connectivity index (χ4n) is 3.53. The van der Waals surface area contributed by atoms with E-state index in [1.807, 2.05) is 69.3 Å². The largest absolute Gasteiger partial charge is 0.356 e. The second kappa shape index (κ2) is 9.90. The van der Waals surface area contributed by atoms with Gasteiger partial charge in [-0.1, -0.05) is 65.0 Å². The smallest absolute Gasteiger partial charge is 0.206 e. The molecule has 4 aromatic rings. The van der Waals surface area contributed by atoms with E-state index in [1.54, 1.807) is 0 Å². The van der Waals surface area contributed by atoms with Crippen LogP contribution in [0.1, 0.15) is 34.2 Å². The van der Waals surface area contributed by atoms with Crippen molar-refractivity contribution >= 4 is 45.6 Å². The number of aryl methyl sites for hydroxylation is 1. The summed E-state index contributed by atoms with van der Waals surface area (Å²) in [7, 11) is 0. The molecule has 164 valence electrons.